The van der Waals surface area contributed by atoms with Crippen LogP contribution < -0.4 is 0 Å². The molecule has 1 nitrogen and oxygen atoms in total. The second-order valence-electron chi connectivity index (χ2n) is 6.57. The lowest BCUT2D eigenvalue weighted by Gasteiger charge is -2.47. The first kappa shape index (κ1) is 10.5. The first-order valence-corrected chi connectivity index (χ1v) is 6.17. The molecule has 0 amide bonds. The van der Waals surface area contributed by atoms with E-state index in [1.54, 1.807) is 0 Å². The first-order chi connectivity index (χ1) is 6.47. The average molecular weight is 195 g/mol. The van der Waals surface area contributed by atoms with Crippen LogP contribution in [-0.2, 0) is 0 Å². The maximum atomic E-state index is 2.61. The van der Waals surface area contributed by atoms with Gasteiger partial charge in [0, 0.05) is 12.6 Å². The summed E-state index contributed by atoms with van der Waals surface area (Å²) in [5.74, 6) is 2.02. The van der Waals surface area contributed by atoms with Gasteiger partial charge in [-0.25, -0.2) is 0 Å². The minimum Gasteiger partial charge on any atom is -0.303 e. The van der Waals surface area contributed by atoms with Crippen molar-refractivity contribution >= 4 is 0 Å². The van der Waals surface area contributed by atoms with Gasteiger partial charge in [-0.1, -0.05) is 20.8 Å². The smallest absolute Gasteiger partial charge is 0.00980 e. The van der Waals surface area contributed by atoms with E-state index in [1.165, 1.54) is 32.2 Å². The molecule has 0 atom stereocenters. The van der Waals surface area contributed by atoms with Gasteiger partial charge < -0.3 is 4.90 Å². The highest BCUT2D eigenvalue weighted by Crippen LogP contribution is 2.44. The zero-order chi connectivity index (χ0) is 10.3. The zero-order valence-electron chi connectivity index (χ0n) is 10.2. The third kappa shape index (κ3) is 2.31. The van der Waals surface area contributed by atoms with E-state index in [2.05, 4.69) is 32.7 Å². The average Bonchev–Trinajstić information content (AvgIpc) is 2.63. The second kappa shape index (κ2) is 3.52. The van der Waals surface area contributed by atoms with Gasteiger partial charge in [0.05, 0.1) is 0 Å². The van der Waals surface area contributed by atoms with Gasteiger partial charge in [-0.15, -0.1) is 0 Å². The summed E-state index contributed by atoms with van der Waals surface area (Å²) >= 11 is 0. The van der Waals surface area contributed by atoms with Crippen LogP contribution in [0.3, 0.4) is 0 Å². The van der Waals surface area contributed by atoms with Crippen LogP contribution in [0.4, 0.5) is 0 Å². The van der Waals surface area contributed by atoms with Crippen LogP contribution in [0.25, 0.3) is 0 Å². The van der Waals surface area contributed by atoms with Crippen LogP contribution in [0, 0.1) is 17.3 Å². The highest BCUT2D eigenvalue weighted by atomic mass is 15.1. The fraction of sp³-hybridized carbons (Fsp3) is 1.00. The summed E-state index contributed by atoms with van der Waals surface area (Å²) in [5.41, 5.74) is 0.539. The molecule has 2 saturated carbocycles. The molecule has 0 heterocycles. The van der Waals surface area contributed by atoms with Gasteiger partial charge >= 0.3 is 0 Å². The molecule has 0 aromatic heterocycles. The molecule has 1 heteroatoms. The molecular formula is C13H25N. The highest BCUT2D eigenvalue weighted by Gasteiger charge is 2.39. The van der Waals surface area contributed by atoms with E-state index in [0.29, 0.717) is 5.41 Å². The number of hydrogen-bond donors (Lipinski definition) is 0. The molecule has 2 aliphatic rings. The summed E-state index contributed by atoms with van der Waals surface area (Å²) in [6, 6.07) is 0.903. The summed E-state index contributed by atoms with van der Waals surface area (Å²) < 4.78 is 0. The van der Waals surface area contributed by atoms with Crippen molar-refractivity contribution in [3.63, 3.8) is 0 Å². The Morgan fingerprint density at radius 3 is 2.14 bits per heavy atom. The van der Waals surface area contributed by atoms with E-state index in [4.69, 9.17) is 0 Å². The summed E-state index contributed by atoms with van der Waals surface area (Å²) in [4.78, 5) is 2.61. The van der Waals surface area contributed by atoms with Crippen molar-refractivity contribution < 1.29 is 0 Å². The first-order valence-electron chi connectivity index (χ1n) is 6.17. The standard InChI is InChI=1S/C13H25N/c1-13(2,3)11-7-12(8-11)14(4)9-10-5-6-10/h10-12H,5-9H2,1-4H3. The molecule has 2 aliphatic carbocycles. The molecule has 14 heavy (non-hydrogen) atoms. The normalized spacial score (nSPS) is 33.2. The predicted molar refractivity (Wildman–Crippen MR) is 61.3 cm³/mol. The number of nitrogens with zero attached hydrogens (tertiary/aromatic N) is 1. The van der Waals surface area contributed by atoms with Crippen LogP contribution in [0.1, 0.15) is 46.5 Å². The van der Waals surface area contributed by atoms with Crippen molar-refractivity contribution in [3.05, 3.63) is 0 Å². The van der Waals surface area contributed by atoms with E-state index < -0.39 is 0 Å². The highest BCUT2D eigenvalue weighted by molar-refractivity contribution is 4.93. The molecule has 0 bridgehead atoms. The minimum atomic E-state index is 0.539. The second-order valence-corrected chi connectivity index (χ2v) is 6.57. The Kier molecular flexibility index (Phi) is 2.63. The van der Waals surface area contributed by atoms with Crippen molar-refractivity contribution in [1.82, 2.24) is 4.90 Å². The molecule has 0 unspecified atom stereocenters. The lowest BCUT2D eigenvalue weighted by molar-refractivity contribution is 0.0324. The van der Waals surface area contributed by atoms with Gasteiger partial charge in [0.2, 0.25) is 0 Å². The van der Waals surface area contributed by atoms with Crippen molar-refractivity contribution in [2.75, 3.05) is 13.6 Å². The van der Waals surface area contributed by atoms with E-state index in [9.17, 15) is 0 Å². The molecule has 0 radical (unpaired) electrons. The summed E-state index contributed by atoms with van der Waals surface area (Å²) in [7, 11) is 2.32. The topological polar surface area (TPSA) is 3.24 Å². The maximum Gasteiger partial charge on any atom is 0.00980 e. The van der Waals surface area contributed by atoms with Gasteiger partial charge in [-0.2, -0.15) is 0 Å². The molecule has 0 saturated heterocycles. The molecule has 0 spiro atoms. The van der Waals surface area contributed by atoms with Crippen LogP contribution in [0.5, 0.6) is 0 Å². The van der Waals surface area contributed by atoms with E-state index in [0.717, 1.165) is 17.9 Å². The van der Waals surface area contributed by atoms with Crippen LogP contribution >= 0.6 is 0 Å². The third-order valence-electron chi connectivity index (χ3n) is 4.20. The molecule has 2 fully saturated rings. The van der Waals surface area contributed by atoms with E-state index in [-0.39, 0.29) is 0 Å². The maximum absolute atomic E-state index is 2.61. The molecule has 0 aromatic rings. The minimum absolute atomic E-state index is 0.539. The van der Waals surface area contributed by atoms with E-state index in [1.807, 2.05) is 0 Å². The Hall–Kier alpha value is -0.0400. The largest absolute Gasteiger partial charge is 0.303 e. The third-order valence-corrected chi connectivity index (χ3v) is 4.20. The Labute approximate surface area is 88.9 Å². The zero-order valence-corrected chi connectivity index (χ0v) is 10.2. The lowest BCUT2D eigenvalue weighted by Crippen LogP contribution is -2.47. The lowest BCUT2D eigenvalue weighted by atomic mass is 9.65. The van der Waals surface area contributed by atoms with Gasteiger partial charge in [0.15, 0.2) is 0 Å². The molecule has 0 aromatic carbocycles. The predicted octanol–water partition coefficient (Wildman–Crippen LogP) is 3.15. The molecule has 0 N–H and O–H groups in total. The Morgan fingerprint density at radius 1 is 1.14 bits per heavy atom. The quantitative estimate of drug-likeness (QED) is 0.668. The van der Waals surface area contributed by atoms with E-state index >= 15 is 0 Å². The summed E-state index contributed by atoms with van der Waals surface area (Å²) in [6.07, 6.45) is 5.85. The monoisotopic (exact) mass is 195 g/mol. The van der Waals surface area contributed by atoms with Crippen molar-refractivity contribution in [3.8, 4) is 0 Å². The molecule has 82 valence electrons. The molecule has 0 aliphatic heterocycles. The Balaban J connectivity index is 1.70. The van der Waals surface area contributed by atoms with Crippen LogP contribution in [0.15, 0.2) is 0 Å². The van der Waals surface area contributed by atoms with Gasteiger partial charge in [0.1, 0.15) is 0 Å². The van der Waals surface area contributed by atoms with Gasteiger partial charge in [-0.3, -0.25) is 0 Å². The Morgan fingerprint density at radius 2 is 1.71 bits per heavy atom. The van der Waals surface area contributed by atoms with Crippen molar-refractivity contribution in [1.29, 1.82) is 0 Å². The molecule has 2 rings (SSSR count). The molecular weight excluding hydrogens is 170 g/mol. The fourth-order valence-electron chi connectivity index (χ4n) is 2.51. The van der Waals surface area contributed by atoms with Crippen molar-refractivity contribution in [2.45, 2.75) is 52.5 Å². The van der Waals surface area contributed by atoms with Crippen molar-refractivity contribution in [2.24, 2.45) is 17.3 Å². The summed E-state index contributed by atoms with van der Waals surface area (Å²) in [5, 5.41) is 0. The SMILES string of the molecule is CN(CC1CC1)C1CC(C(C)(C)C)C1. The number of rotatable bonds is 3. The number of hydrogen-bond acceptors (Lipinski definition) is 1. The van der Waals surface area contributed by atoms with Gasteiger partial charge in [0.25, 0.3) is 0 Å². The van der Waals surface area contributed by atoms with Crippen LogP contribution in [0.2, 0.25) is 0 Å². The van der Waals surface area contributed by atoms with Gasteiger partial charge in [-0.05, 0) is 50.0 Å². The van der Waals surface area contributed by atoms with Crippen LogP contribution in [-0.4, -0.2) is 24.5 Å². The summed E-state index contributed by atoms with van der Waals surface area (Å²) in [6.45, 7) is 8.51. The fourth-order valence-corrected chi connectivity index (χ4v) is 2.51. The Bertz CT molecular complexity index is 194.